The average molecular weight is 555 g/mol. The summed E-state index contributed by atoms with van der Waals surface area (Å²) >= 11 is 6.16. The molecule has 0 aliphatic carbocycles. The van der Waals surface area contributed by atoms with Gasteiger partial charge in [-0.1, -0.05) is 67.4 Å². The minimum atomic E-state index is 0.250. The lowest BCUT2D eigenvalue weighted by atomic mass is 10.00. The minimum absolute atomic E-state index is 0.250. The molecule has 5 rings (SSSR count). The van der Waals surface area contributed by atoms with E-state index in [9.17, 15) is 4.79 Å². The molecule has 1 aliphatic heterocycles. The first-order valence-electron chi connectivity index (χ1n) is 14.5. The molecule has 0 unspecified atom stereocenters. The fourth-order valence-electron chi connectivity index (χ4n) is 5.57. The van der Waals surface area contributed by atoms with E-state index in [1.54, 1.807) is 6.20 Å². The molecule has 5 nitrogen and oxygen atoms in total. The smallest absolute Gasteiger partial charge is 0.223 e. The van der Waals surface area contributed by atoms with E-state index < -0.39 is 0 Å². The second-order valence-electron chi connectivity index (χ2n) is 10.8. The number of pyridine rings is 1. The van der Waals surface area contributed by atoms with E-state index in [0.717, 1.165) is 60.2 Å². The zero-order chi connectivity index (χ0) is 27.7. The Kier molecular flexibility index (Phi) is 9.69. The van der Waals surface area contributed by atoms with E-state index in [2.05, 4.69) is 63.4 Å². The Labute approximate surface area is 243 Å². The van der Waals surface area contributed by atoms with Gasteiger partial charge in [-0.2, -0.15) is 0 Å². The van der Waals surface area contributed by atoms with Crippen molar-refractivity contribution < 1.29 is 4.79 Å². The molecule has 40 heavy (non-hydrogen) atoms. The SMILES string of the molecule is CCCCN1CCC(N(Cc2ccc(Nc3ccnc4cc(Cl)ccc34)cc2)C(=O)CCc2ccccc2)CC1. The first kappa shape index (κ1) is 28.1. The molecule has 4 aromatic rings. The monoisotopic (exact) mass is 554 g/mol. The minimum Gasteiger partial charge on any atom is -0.355 e. The summed E-state index contributed by atoms with van der Waals surface area (Å²) < 4.78 is 0. The third kappa shape index (κ3) is 7.41. The predicted octanol–water partition coefficient (Wildman–Crippen LogP) is 7.86. The molecular formula is C34H39ClN4O. The Morgan fingerprint density at radius 3 is 2.52 bits per heavy atom. The van der Waals surface area contributed by atoms with E-state index in [1.165, 1.54) is 24.9 Å². The summed E-state index contributed by atoms with van der Waals surface area (Å²) in [5.74, 6) is 0.250. The molecule has 0 atom stereocenters. The Hall–Kier alpha value is -3.41. The average Bonchev–Trinajstić information content (AvgIpc) is 2.99. The van der Waals surface area contributed by atoms with Crippen LogP contribution >= 0.6 is 11.6 Å². The number of likely N-dealkylation sites (tertiary alicyclic amines) is 1. The number of anilines is 2. The van der Waals surface area contributed by atoms with Gasteiger partial charge in [0.1, 0.15) is 0 Å². The van der Waals surface area contributed by atoms with Gasteiger partial charge >= 0.3 is 0 Å². The maximum Gasteiger partial charge on any atom is 0.223 e. The fraction of sp³-hybridized carbons (Fsp3) is 0.353. The van der Waals surface area contributed by atoms with Gasteiger partial charge in [-0.15, -0.1) is 0 Å². The molecule has 208 valence electrons. The Bertz CT molecular complexity index is 1380. The van der Waals surface area contributed by atoms with Gasteiger partial charge in [-0.3, -0.25) is 9.78 Å². The van der Waals surface area contributed by atoms with Crippen LogP contribution in [0.5, 0.6) is 0 Å². The zero-order valence-corrected chi connectivity index (χ0v) is 24.1. The van der Waals surface area contributed by atoms with Crippen LogP contribution in [0.4, 0.5) is 11.4 Å². The quantitative estimate of drug-likeness (QED) is 0.205. The summed E-state index contributed by atoms with van der Waals surface area (Å²) in [5, 5.41) is 5.23. The fourth-order valence-corrected chi connectivity index (χ4v) is 5.74. The Balaban J connectivity index is 1.27. The van der Waals surface area contributed by atoms with E-state index in [4.69, 9.17) is 11.6 Å². The molecule has 3 aromatic carbocycles. The summed E-state index contributed by atoms with van der Waals surface area (Å²) in [7, 11) is 0. The van der Waals surface area contributed by atoms with Crippen LogP contribution < -0.4 is 5.32 Å². The van der Waals surface area contributed by atoms with Crippen molar-refractivity contribution in [3.05, 3.63) is 101 Å². The number of carbonyl (C=O) groups is 1. The van der Waals surface area contributed by atoms with Gasteiger partial charge in [0, 0.05) is 60.1 Å². The molecule has 1 amide bonds. The number of unbranched alkanes of at least 4 members (excludes halogenated alkanes) is 1. The van der Waals surface area contributed by atoms with Crippen molar-refractivity contribution in [3.63, 3.8) is 0 Å². The number of aryl methyl sites for hydroxylation is 1. The lowest BCUT2D eigenvalue weighted by Crippen LogP contribution is -2.47. The highest BCUT2D eigenvalue weighted by atomic mass is 35.5. The van der Waals surface area contributed by atoms with Gasteiger partial charge in [0.2, 0.25) is 5.91 Å². The number of aromatic nitrogens is 1. The van der Waals surface area contributed by atoms with Gasteiger partial charge < -0.3 is 15.1 Å². The number of carbonyl (C=O) groups excluding carboxylic acids is 1. The van der Waals surface area contributed by atoms with Crippen LogP contribution in [-0.2, 0) is 17.8 Å². The molecule has 1 aliphatic rings. The van der Waals surface area contributed by atoms with Crippen molar-refractivity contribution in [2.24, 2.45) is 0 Å². The summed E-state index contributed by atoms with van der Waals surface area (Å²) in [5.41, 5.74) is 5.21. The van der Waals surface area contributed by atoms with E-state index >= 15 is 0 Å². The molecule has 6 heteroatoms. The molecule has 0 radical (unpaired) electrons. The summed E-state index contributed by atoms with van der Waals surface area (Å²) in [4.78, 5) is 22.8. The van der Waals surface area contributed by atoms with E-state index in [0.29, 0.717) is 18.0 Å². The topological polar surface area (TPSA) is 48.5 Å². The van der Waals surface area contributed by atoms with Gasteiger partial charge in [0.05, 0.1) is 5.52 Å². The first-order chi connectivity index (χ1) is 19.6. The number of fused-ring (bicyclic) bond motifs is 1. The lowest BCUT2D eigenvalue weighted by molar-refractivity contribution is -0.135. The van der Waals surface area contributed by atoms with Crippen molar-refractivity contribution in [2.45, 2.75) is 58.0 Å². The van der Waals surface area contributed by atoms with E-state index in [1.807, 2.05) is 42.5 Å². The highest BCUT2D eigenvalue weighted by Gasteiger charge is 2.27. The van der Waals surface area contributed by atoms with Gasteiger partial charge in [-0.05, 0) is 79.8 Å². The maximum absolute atomic E-state index is 13.6. The molecule has 0 spiro atoms. The lowest BCUT2D eigenvalue weighted by Gasteiger charge is -2.39. The number of hydrogen-bond donors (Lipinski definition) is 1. The number of nitrogens with zero attached hydrogens (tertiary/aromatic N) is 3. The van der Waals surface area contributed by atoms with Crippen LogP contribution in [0.3, 0.4) is 0 Å². The molecular weight excluding hydrogens is 516 g/mol. The van der Waals surface area contributed by atoms with Crippen LogP contribution in [0.15, 0.2) is 85.1 Å². The molecule has 2 heterocycles. The first-order valence-corrected chi connectivity index (χ1v) is 14.9. The highest BCUT2D eigenvalue weighted by molar-refractivity contribution is 6.31. The third-order valence-corrected chi connectivity index (χ3v) is 8.14. The maximum atomic E-state index is 13.6. The number of hydrogen-bond acceptors (Lipinski definition) is 4. The van der Waals surface area contributed by atoms with Gasteiger partial charge in [-0.25, -0.2) is 0 Å². The van der Waals surface area contributed by atoms with Crippen molar-refractivity contribution in [2.75, 3.05) is 25.0 Å². The normalized spacial score (nSPS) is 14.3. The predicted molar refractivity (Wildman–Crippen MR) is 166 cm³/mol. The largest absolute Gasteiger partial charge is 0.355 e. The zero-order valence-electron chi connectivity index (χ0n) is 23.4. The number of benzene rings is 3. The molecule has 1 aromatic heterocycles. The van der Waals surface area contributed by atoms with E-state index in [-0.39, 0.29) is 11.9 Å². The van der Waals surface area contributed by atoms with Gasteiger partial charge in [0.25, 0.3) is 0 Å². The number of rotatable bonds is 11. The number of halogens is 1. The summed E-state index contributed by atoms with van der Waals surface area (Å²) in [6.07, 6.45) is 7.66. The summed E-state index contributed by atoms with van der Waals surface area (Å²) in [6, 6.07) is 26.8. The molecule has 0 bridgehead atoms. The van der Waals surface area contributed by atoms with Crippen LogP contribution in [-0.4, -0.2) is 46.4 Å². The number of amides is 1. The molecule has 1 fully saturated rings. The van der Waals surface area contributed by atoms with Crippen molar-refractivity contribution in [1.29, 1.82) is 0 Å². The third-order valence-electron chi connectivity index (χ3n) is 7.91. The van der Waals surface area contributed by atoms with Crippen LogP contribution in [0.25, 0.3) is 10.9 Å². The van der Waals surface area contributed by atoms with Crippen molar-refractivity contribution >= 4 is 39.8 Å². The summed E-state index contributed by atoms with van der Waals surface area (Å²) in [6.45, 7) is 6.20. The van der Waals surface area contributed by atoms with Gasteiger partial charge in [0.15, 0.2) is 0 Å². The second kappa shape index (κ2) is 13.8. The number of piperidine rings is 1. The highest BCUT2D eigenvalue weighted by Crippen LogP contribution is 2.28. The Morgan fingerprint density at radius 2 is 1.77 bits per heavy atom. The van der Waals surface area contributed by atoms with Crippen LogP contribution in [0.2, 0.25) is 5.02 Å². The second-order valence-corrected chi connectivity index (χ2v) is 11.2. The van der Waals surface area contributed by atoms with Crippen LogP contribution in [0, 0.1) is 0 Å². The molecule has 1 N–H and O–H groups in total. The number of nitrogens with one attached hydrogen (secondary N) is 1. The van der Waals surface area contributed by atoms with Crippen LogP contribution in [0.1, 0.15) is 50.2 Å². The molecule has 1 saturated heterocycles. The van der Waals surface area contributed by atoms with Crippen molar-refractivity contribution in [3.8, 4) is 0 Å². The molecule has 0 saturated carbocycles. The van der Waals surface area contributed by atoms with Crippen molar-refractivity contribution in [1.82, 2.24) is 14.8 Å². The Morgan fingerprint density at radius 1 is 1.00 bits per heavy atom. The standard InChI is InChI=1S/C34H39ClN4O/c1-2-3-21-38-22-18-30(19-23-38)39(34(40)16-11-26-7-5-4-6-8-26)25-27-9-13-29(14-10-27)37-32-17-20-36-33-24-28(35)12-15-31(32)33/h4-10,12-15,17,20,24,30H,2-3,11,16,18-19,21-23,25H2,1H3,(H,36,37).